The van der Waals surface area contributed by atoms with Crippen LogP contribution in [0.3, 0.4) is 0 Å². The number of rotatable bonds is 5. The van der Waals surface area contributed by atoms with E-state index in [1.807, 2.05) is 13.8 Å². The molecule has 0 aliphatic heterocycles. The number of H-pyrrole nitrogens is 1. The minimum Gasteiger partial charge on any atom is -0.483 e. The predicted molar refractivity (Wildman–Crippen MR) is 118 cm³/mol. The van der Waals surface area contributed by atoms with E-state index < -0.39 is 35.8 Å². The van der Waals surface area contributed by atoms with Crippen molar-refractivity contribution >= 4 is 29.0 Å². The number of aromatic nitrogens is 3. The minimum atomic E-state index is -4.72. The number of carbonyl (C=O) groups excluding carboxylic acids is 1. The Morgan fingerprint density at radius 3 is 2.53 bits per heavy atom. The van der Waals surface area contributed by atoms with Crippen LogP contribution in [0.5, 0.6) is 5.75 Å². The van der Waals surface area contributed by atoms with Crippen molar-refractivity contribution in [1.29, 1.82) is 5.26 Å². The van der Waals surface area contributed by atoms with E-state index in [-0.39, 0.29) is 33.5 Å². The molecule has 8 nitrogen and oxygen atoms in total. The Morgan fingerprint density at radius 2 is 2.00 bits per heavy atom. The van der Waals surface area contributed by atoms with E-state index in [1.54, 1.807) is 13.0 Å². The Hall–Kier alpha value is -3.85. The minimum absolute atomic E-state index is 0.0334. The summed E-state index contributed by atoms with van der Waals surface area (Å²) >= 11 is 5.86. The van der Waals surface area contributed by atoms with E-state index in [1.165, 1.54) is 12.1 Å². The highest BCUT2D eigenvalue weighted by molar-refractivity contribution is 6.33. The first-order chi connectivity index (χ1) is 16.0. The van der Waals surface area contributed by atoms with Crippen LogP contribution in [0.1, 0.15) is 35.5 Å². The maximum atomic E-state index is 14.9. The first-order valence-electron chi connectivity index (χ1n) is 9.72. The molecule has 13 heteroatoms. The largest absolute Gasteiger partial charge is 0.483 e. The number of nitrogens with two attached hydrogens (primary N) is 1. The van der Waals surface area contributed by atoms with Crippen molar-refractivity contribution in [1.82, 2.24) is 15.2 Å². The molecule has 0 unspecified atom stereocenters. The molecule has 2 heterocycles. The van der Waals surface area contributed by atoms with Gasteiger partial charge in [-0.05, 0) is 31.2 Å². The van der Waals surface area contributed by atoms with Crippen molar-refractivity contribution < 1.29 is 27.1 Å². The average molecular weight is 499 g/mol. The highest BCUT2D eigenvalue weighted by Gasteiger charge is 2.30. The van der Waals surface area contributed by atoms with Gasteiger partial charge >= 0.3 is 6.18 Å². The summed E-state index contributed by atoms with van der Waals surface area (Å²) in [6, 6.07) is 5.92. The second-order valence-corrected chi connectivity index (χ2v) is 6.80. The number of amides is 1. The number of pyridine rings is 1. The lowest BCUT2D eigenvalue weighted by atomic mass is 10.0. The van der Waals surface area contributed by atoms with Crippen molar-refractivity contribution in [3.63, 3.8) is 0 Å². The number of anilines is 2. The molecule has 0 saturated carbocycles. The molecule has 3 aromatic rings. The number of nitriles is 1. The van der Waals surface area contributed by atoms with Crippen molar-refractivity contribution in [2.45, 2.75) is 26.9 Å². The zero-order valence-electron chi connectivity index (χ0n) is 18.1. The molecule has 0 atom stereocenters. The maximum Gasteiger partial charge on any atom is 0.422 e. The molecule has 1 aromatic carbocycles. The number of halogens is 5. The number of carbonyl (C=O) groups is 1. The summed E-state index contributed by atoms with van der Waals surface area (Å²) in [5.41, 5.74) is 5.23. The molecule has 0 radical (unpaired) electrons. The summed E-state index contributed by atoms with van der Waals surface area (Å²) in [6.07, 6.45) is -4.72. The highest BCUT2D eigenvalue weighted by atomic mass is 35.5. The summed E-state index contributed by atoms with van der Waals surface area (Å²) in [4.78, 5) is 16.6. The van der Waals surface area contributed by atoms with Gasteiger partial charge in [0.15, 0.2) is 11.8 Å². The van der Waals surface area contributed by atoms with Crippen LogP contribution in [0.15, 0.2) is 24.3 Å². The Morgan fingerprint density at radius 1 is 1.32 bits per heavy atom. The molecule has 0 spiro atoms. The van der Waals surface area contributed by atoms with E-state index >= 15 is 0 Å². The summed E-state index contributed by atoms with van der Waals surface area (Å²) in [7, 11) is 0. The van der Waals surface area contributed by atoms with E-state index in [9.17, 15) is 22.4 Å². The number of alkyl halides is 3. The monoisotopic (exact) mass is 498 g/mol. The summed E-state index contributed by atoms with van der Waals surface area (Å²) in [6.45, 7) is 3.81. The Balaban J connectivity index is 0.00000199. The lowest BCUT2D eigenvalue weighted by Gasteiger charge is -2.15. The Bertz CT molecular complexity index is 1220. The van der Waals surface area contributed by atoms with Crippen LogP contribution >= 0.6 is 11.6 Å². The van der Waals surface area contributed by atoms with Gasteiger partial charge in [0, 0.05) is 5.56 Å². The van der Waals surface area contributed by atoms with Crippen molar-refractivity contribution in [2.75, 3.05) is 17.7 Å². The number of aromatic amines is 1. The van der Waals surface area contributed by atoms with Gasteiger partial charge in [-0.25, -0.2) is 9.37 Å². The first kappa shape index (κ1) is 26.4. The van der Waals surface area contributed by atoms with Gasteiger partial charge in [-0.15, -0.1) is 0 Å². The van der Waals surface area contributed by atoms with E-state index in [0.29, 0.717) is 11.8 Å². The fraction of sp³-hybridized carbons (Fsp3) is 0.238. The molecule has 2 aromatic heterocycles. The number of nitrogens with one attached hydrogen (secondary N) is 2. The smallest absolute Gasteiger partial charge is 0.422 e. The van der Waals surface area contributed by atoms with E-state index in [0.717, 1.165) is 6.07 Å². The lowest BCUT2D eigenvalue weighted by Crippen LogP contribution is -2.21. The number of hydrogen-bond donors (Lipinski definition) is 3. The van der Waals surface area contributed by atoms with Crippen molar-refractivity contribution in [2.24, 2.45) is 0 Å². The van der Waals surface area contributed by atoms with Gasteiger partial charge in [-0.3, -0.25) is 9.89 Å². The standard InChI is InChI=1S/C19H13ClF4N6O2.C2H6/c1-8-15(16(20)30-29-8)28-18(31)11-4-12(21)10(5-14(11)32-7-19(22,23)24)13-3-2-9(6-25)17(26)27-13;1-2/h2-5H,7H2,1H3,(H2,26,27)(H,28,31)(H,29,30);1-2H3. The fourth-order valence-corrected chi connectivity index (χ4v) is 2.88. The third-order valence-electron chi connectivity index (χ3n) is 4.17. The average Bonchev–Trinajstić information content (AvgIpc) is 3.10. The summed E-state index contributed by atoms with van der Waals surface area (Å²) < 4.78 is 57.8. The van der Waals surface area contributed by atoms with Crippen molar-refractivity contribution in [3.05, 3.63) is 52.1 Å². The van der Waals surface area contributed by atoms with Crippen LogP contribution in [0.4, 0.5) is 29.1 Å². The van der Waals surface area contributed by atoms with Gasteiger partial charge in [0.1, 0.15) is 29.1 Å². The number of nitrogens with zero attached hydrogens (tertiary/aromatic N) is 3. The zero-order valence-corrected chi connectivity index (χ0v) is 18.9. The molecular formula is C21H19ClF4N6O2. The SMILES string of the molecule is CC.Cc1[nH]nc(Cl)c1NC(=O)c1cc(F)c(-c2ccc(C#N)c(N)n2)cc1OCC(F)(F)F. The Kier molecular flexibility index (Phi) is 8.42. The van der Waals surface area contributed by atoms with Gasteiger partial charge in [0.2, 0.25) is 0 Å². The first-order valence-corrected chi connectivity index (χ1v) is 10.1. The van der Waals surface area contributed by atoms with Gasteiger partial charge in [-0.2, -0.15) is 23.5 Å². The third kappa shape index (κ3) is 6.14. The van der Waals surface area contributed by atoms with E-state index in [4.69, 9.17) is 27.3 Å². The summed E-state index contributed by atoms with van der Waals surface area (Å²) in [5.74, 6) is -2.72. The van der Waals surface area contributed by atoms with Crippen LogP contribution in [0, 0.1) is 24.1 Å². The zero-order chi connectivity index (χ0) is 25.6. The highest BCUT2D eigenvalue weighted by Crippen LogP contribution is 2.33. The number of hydrogen-bond acceptors (Lipinski definition) is 6. The van der Waals surface area contributed by atoms with Crippen LogP contribution < -0.4 is 15.8 Å². The van der Waals surface area contributed by atoms with Crippen LogP contribution in [-0.4, -0.2) is 33.9 Å². The fourth-order valence-electron chi connectivity index (χ4n) is 2.65. The maximum absolute atomic E-state index is 14.9. The number of benzene rings is 1. The molecule has 180 valence electrons. The van der Waals surface area contributed by atoms with Crippen LogP contribution in [0.2, 0.25) is 5.15 Å². The second-order valence-electron chi connectivity index (χ2n) is 6.44. The lowest BCUT2D eigenvalue weighted by molar-refractivity contribution is -0.153. The molecular weight excluding hydrogens is 480 g/mol. The van der Waals surface area contributed by atoms with Gasteiger partial charge < -0.3 is 15.8 Å². The van der Waals surface area contributed by atoms with Crippen LogP contribution in [0.25, 0.3) is 11.3 Å². The van der Waals surface area contributed by atoms with Crippen molar-refractivity contribution in [3.8, 4) is 23.1 Å². The molecule has 1 amide bonds. The van der Waals surface area contributed by atoms with Gasteiger partial charge in [-0.1, -0.05) is 25.4 Å². The normalized spacial score (nSPS) is 10.7. The number of aryl methyl sites for hydroxylation is 1. The van der Waals surface area contributed by atoms with Gasteiger partial charge in [0.05, 0.1) is 22.5 Å². The quantitative estimate of drug-likeness (QED) is 0.412. The molecule has 0 fully saturated rings. The van der Waals surface area contributed by atoms with Crippen LogP contribution in [-0.2, 0) is 0 Å². The molecule has 0 bridgehead atoms. The summed E-state index contributed by atoms with van der Waals surface area (Å²) in [5, 5.41) is 17.4. The molecule has 4 N–H and O–H groups in total. The molecule has 0 aliphatic carbocycles. The number of nitrogen functional groups attached to an aromatic ring is 1. The second kappa shape index (κ2) is 10.8. The van der Waals surface area contributed by atoms with E-state index in [2.05, 4.69) is 20.5 Å². The molecule has 0 aliphatic rings. The predicted octanol–water partition coefficient (Wildman–Crippen LogP) is 5.25. The number of ether oxygens (including phenoxy) is 1. The molecule has 3 rings (SSSR count). The molecule has 0 saturated heterocycles. The Labute approximate surface area is 196 Å². The van der Waals surface area contributed by atoms with Gasteiger partial charge in [0.25, 0.3) is 5.91 Å². The topological polar surface area (TPSA) is 130 Å². The third-order valence-corrected chi connectivity index (χ3v) is 4.44. The molecule has 34 heavy (non-hydrogen) atoms.